The number of halogens is 1. The Morgan fingerprint density at radius 1 is 1.25 bits per heavy atom. The van der Waals surface area contributed by atoms with Crippen LogP contribution in [0.2, 0.25) is 0 Å². The van der Waals surface area contributed by atoms with Gasteiger partial charge in [0.25, 0.3) is 5.91 Å². The maximum Gasteiger partial charge on any atom is 0.257 e. The number of benzene rings is 1. The van der Waals surface area contributed by atoms with Gasteiger partial charge in [-0.05, 0) is 36.6 Å². The number of pyridine rings is 1. The van der Waals surface area contributed by atoms with Crippen molar-refractivity contribution in [3.8, 4) is 0 Å². The maximum absolute atomic E-state index is 13.8. The summed E-state index contributed by atoms with van der Waals surface area (Å²) in [5.74, 6) is -0.705. The molecule has 1 amide bonds. The lowest BCUT2D eigenvalue weighted by Gasteiger charge is -2.25. The van der Waals surface area contributed by atoms with Crippen molar-refractivity contribution in [3.05, 3.63) is 65.7 Å². The molecule has 4 heteroatoms. The van der Waals surface area contributed by atoms with E-state index in [9.17, 15) is 9.18 Å². The van der Waals surface area contributed by atoms with Gasteiger partial charge < -0.3 is 4.90 Å². The van der Waals surface area contributed by atoms with Crippen molar-refractivity contribution < 1.29 is 9.18 Å². The van der Waals surface area contributed by atoms with Gasteiger partial charge in [0.05, 0.1) is 11.6 Å². The van der Waals surface area contributed by atoms with Crippen LogP contribution in [0.3, 0.4) is 0 Å². The van der Waals surface area contributed by atoms with Crippen molar-refractivity contribution >= 4 is 5.91 Å². The Hall–Kier alpha value is -2.23. The van der Waals surface area contributed by atoms with Crippen LogP contribution in [-0.2, 0) is 0 Å². The highest BCUT2D eigenvalue weighted by Crippen LogP contribution is 2.32. The molecular formula is C16H15FN2O. The molecule has 3 nitrogen and oxygen atoms in total. The molecular weight excluding hydrogens is 255 g/mol. The van der Waals surface area contributed by atoms with Crippen LogP contribution in [0.15, 0.2) is 48.8 Å². The lowest BCUT2D eigenvalue weighted by molar-refractivity contribution is 0.0730. The number of nitrogens with zero attached hydrogens (tertiary/aromatic N) is 2. The van der Waals surface area contributed by atoms with Gasteiger partial charge in [-0.25, -0.2) is 4.39 Å². The number of carbonyl (C=O) groups is 1. The van der Waals surface area contributed by atoms with Gasteiger partial charge in [-0.15, -0.1) is 0 Å². The first-order chi connectivity index (χ1) is 9.77. The zero-order valence-corrected chi connectivity index (χ0v) is 11.0. The van der Waals surface area contributed by atoms with Crippen molar-refractivity contribution in [1.82, 2.24) is 9.88 Å². The summed E-state index contributed by atoms with van der Waals surface area (Å²) >= 11 is 0. The number of hydrogen-bond acceptors (Lipinski definition) is 2. The summed E-state index contributed by atoms with van der Waals surface area (Å²) in [6.07, 6.45) is 5.31. The van der Waals surface area contributed by atoms with Crippen LogP contribution in [0.5, 0.6) is 0 Å². The first-order valence-corrected chi connectivity index (χ1v) is 6.73. The van der Waals surface area contributed by atoms with E-state index >= 15 is 0 Å². The van der Waals surface area contributed by atoms with E-state index in [0.29, 0.717) is 6.54 Å². The summed E-state index contributed by atoms with van der Waals surface area (Å²) in [6, 6.07) is 9.96. The molecule has 1 aliphatic heterocycles. The van der Waals surface area contributed by atoms with Crippen molar-refractivity contribution in [1.29, 1.82) is 0 Å². The van der Waals surface area contributed by atoms with E-state index in [4.69, 9.17) is 0 Å². The fourth-order valence-electron chi connectivity index (χ4n) is 2.72. The average Bonchev–Trinajstić information content (AvgIpc) is 2.97. The molecule has 1 aromatic heterocycles. The molecule has 0 saturated carbocycles. The Kier molecular flexibility index (Phi) is 3.46. The van der Waals surface area contributed by atoms with Crippen LogP contribution in [-0.4, -0.2) is 22.3 Å². The number of amides is 1. The van der Waals surface area contributed by atoms with Crippen LogP contribution in [0, 0.1) is 5.82 Å². The molecule has 1 aliphatic rings. The van der Waals surface area contributed by atoms with E-state index in [1.54, 1.807) is 29.4 Å². The molecule has 0 radical (unpaired) electrons. The van der Waals surface area contributed by atoms with E-state index < -0.39 is 5.82 Å². The van der Waals surface area contributed by atoms with Gasteiger partial charge in [0.1, 0.15) is 5.82 Å². The molecule has 2 aromatic rings. The van der Waals surface area contributed by atoms with Gasteiger partial charge >= 0.3 is 0 Å². The van der Waals surface area contributed by atoms with Crippen LogP contribution in [0.4, 0.5) is 4.39 Å². The number of rotatable bonds is 2. The Morgan fingerprint density at radius 3 is 2.85 bits per heavy atom. The Labute approximate surface area is 117 Å². The lowest BCUT2D eigenvalue weighted by atomic mass is 10.1. The topological polar surface area (TPSA) is 33.2 Å². The number of carbonyl (C=O) groups excluding carboxylic acids is 1. The van der Waals surface area contributed by atoms with E-state index in [-0.39, 0.29) is 17.5 Å². The molecule has 0 unspecified atom stereocenters. The summed E-state index contributed by atoms with van der Waals surface area (Å²) in [5, 5.41) is 0. The molecule has 20 heavy (non-hydrogen) atoms. The Bertz CT molecular complexity index is 615. The van der Waals surface area contributed by atoms with Gasteiger partial charge in [0.2, 0.25) is 0 Å². The summed E-state index contributed by atoms with van der Waals surface area (Å²) in [6.45, 7) is 0.659. The zero-order chi connectivity index (χ0) is 13.9. The van der Waals surface area contributed by atoms with Crippen LogP contribution < -0.4 is 0 Å². The van der Waals surface area contributed by atoms with Crippen molar-refractivity contribution in [2.75, 3.05) is 6.54 Å². The average molecular weight is 270 g/mol. The Morgan fingerprint density at radius 2 is 2.10 bits per heavy atom. The number of aromatic nitrogens is 1. The molecule has 0 bridgehead atoms. The zero-order valence-electron chi connectivity index (χ0n) is 11.0. The highest BCUT2D eigenvalue weighted by molar-refractivity contribution is 5.94. The molecule has 1 fully saturated rings. The first kappa shape index (κ1) is 12.8. The Balaban J connectivity index is 1.90. The second-order valence-electron chi connectivity index (χ2n) is 4.92. The SMILES string of the molecule is O=C(c1ccccc1F)N1CCC[C@@H]1c1cccnc1. The van der Waals surface area contributed by atoms with Crippen molar-refractivity contribution in [3.63, 3.8) is 0 Å². The minimum atomic E-state index is -0.464. The standard InChI is InChI=1S/C16H15FN2O/c17-14-7-2-1-6-13(14)16(20)19-10-4-8-15(19)12-5-3-9-18-11-12/h1-3,5-7,9,11,15H,4,8,10H2/t15-/m1/s1. The highest BCUT2D eigenvalue weighted by Gasteiger charge is 2.31. The summed E-state index contributed by atoms with van der Waals surface area (Å²) < 4.78 is 13.8. The number of likely N-dealkylation sites (tertiary alicyclic amines) is 1. The smallest absolute Gasteiger partial charge is 0.257 e. The molecule has 3 rings (SSSR count). The quantitative estimate of drug-likeness (QED) is 0.839. The first-order valence-electron chi connectivity index (χ1n) is 6.73. The third kappa shape index (κ3) is 2.29. The fourth-order valence-corrected chi connectivity index (χ4v) is 2.72. The molecule has 1 aromatic carbocycles. The third-order valence-electron chi connectivity index (χ3n) is 3.69. The van der Waals surface area contributed by atoms with Gasteiger partial charge in [-0.3, -0.25) is 9.78 Å². The molecule has 2 heterocycles. The van der Waals surface area contributed by atoms with Crippen molar-refractivity contribution in [2.24, 2.45) is 0 Å². The predicted octanol–water partition coefficient (Wildman–Crippen LogP) is 3.20. The second-order valence-corrected chi connectivity index (χ2v) is 4.92. The maximum atomic E-state index is 13.8. The van der Waals surface area contributed by atoms with Gasteiger partial charge in [0, 0.05) is 18.9 Å². The molecule has 0 aliphatic carbocycles. The highest BCUT2D eigenvalue weighted by atomic mass is 19.1. The molecule has 1 atom stereocenters. The van der Waals surface area contributed by atoms with Crippen LogP contribution >= 0.6 is 0 Å². The minimum absolute atomic E-state index is 0.00388. The normalized spacial score (nSPS) is 18.2. The lowest BCUT2D eigenvalue weighted by Crippen LogP contribution is -2.31. The van der Waals surface area contributed by atoms with Gasteiger partial charge in [-0.2, -0.15) is 0 Å². The summed E-state index contributed by atoms with van der Waals surface area (Å²) in [5.41, 5.74) is 1.15. The molecule has 0 N–H and O–H groups in total. The van der Waals surface area contributed by atoms with Gasteiger partial charge in [-0.1, -0.05) is 18.2 Å². The minimum Gasteiger partial charge on any atom is -0.331 e. The predicted molar refractivity (Wildman–Crippen MR) is 73.6 cm³/mol. The third-order valence-corrected chi connectivity index (χ3v) is 3.69. The van der Waals surface area contributed by atoms with E-state index in [1.165, 1.54) is 12.1 Å². The second kappa shape index (κ2) is 5.41. The molecule has 0 spiro atoms. The van der Waals surface area contributed by atoms with Gasteiger partial charge in [0.15, 0.2) is 0 Å². The molecule has 1 saturated heterocycles. The van der Waals surface area contributed by atoms with E-state index in [0.717, 1.165) is 18.4 Å². The fraction of sp³-hybridized carbons (Fsp3) is 0.250. The van der Waals surface area contributed by atoms with E-state index in [1.807, 2.05) is 12.1 Å². The van der Waals surface area contributed by atoms with E-state index in [2.05, 4.69) is 4.98 Å². The van der Waals surface area contributed by atoms with Crippen LogP contribution in [0.1, 0.15) is 34.8 Å². The monoisotopic (exact) mass is 270 g/mol. The summed E-state index contributed by atoms with van der Waals surface area (Å²) in [7, 11) is 0. The molecule has 102 valence electrons. The largest absolute Gasteiger partial charge is 0.331 e. The summed E-state index contributed by atoms with van der Waals surface area (Å²) in [4.78, 5) is 18.4. The van der Waals surface area contributed by atoms with Crippen LogP contribution in [0.25, 0.3) is 0 Å². The van der Waals surface area contributed by atoms with Crippen molar-refractivity contribution in [2.45, 2.75) is 18.9 Å². The number of hydrogen-bond donors (Lipinski definition) is 0.